The molecular formula is C15H23NO3. The maximum Gasteiger partial charge on any atom is 0.228 e. The average Bonchev–Trinajstić information content (AvgIpc) is 2.88. The topological polar surface area (TPSA) is 42.7 Å². The molecular weight excluding hydrogens is 242 g/mol. The summed E-state index contributed by atoms with van der Waals surface area (Å²) in [6.45, 7) is 7.90. The maximum absolute atomic E-state index is 12.6. The molecule has 1 amide bonds. The molecule has 2 rings (SSSR count). The van der Waals surface area contributed by atoms with Gasteiger partial charge >= 0.3 is 0 Å². The number of carbonyl (C=O) groups is 1. The molecule has 0 bridgehead atoms. The zero-order valence-electron chi connectivity index (χ0n) is 12.0. The monoisotopic (exact) mass is 265 g/mol. The third kappa shape index (κ3) is 3.60. The smallest absolute Gasteiger partial charge is 0.228 e. The fourth-order valence-electron chi connectivity index (χ4n) is 2.36. The number of carbonyl (C=O) groups excluding carboxylic acids is 1. The SMILES string of the molecule is CC(C)(C)C(=O)N(Cc1ccco1)C1CCOCC1. The highest BCUT2D eigenvalue weighted by Gasteiger charge is 2.33. The van der Waals surface area contributed by atoms with Crippen molar-refractivity contribution in [2.75, 3.05) is 13.2 Å². The molecule has 1 aromatic rings. The van der Waals surface area contributed by atoms with Crippen LogP contribution in [0.2, 0.25) is 0 Å². The minimum atomic E-state index is -0.370. The van der Waals surface area contributed by atoms with Gasteiger partial charge in [-0.15, -0.1) is 0 Å². The minimum Gasteiger partial charge on any atom is -0.467 e. The van der Waals surface area contributed by atoms with Gasteiger partial charge in [0.25, 0.3) is 0 Å². The van der Waals surface area contributed by atoms with E-state index in [1.165, 1.54) is 0 Å². The zero-order chi connectivity index (χ0) is 13.9. The maximum atomic E-state index is 12.6. The largest absolute Gasteiger partial charge is 0.467 e. The Labute approximate surface area is 114 Å². The van der Waals surface area contributed by atoms with Crippen molar-refractivity contribution in [3.8, 4) is 0 Å². The fourth-order valence-corrected chi connectivity index (χ4v) is 2.36. The van der Waals surface area contributed by atoms with Crippen LogP contribution in [0.4, 0.5) is 0 Å². The highest BCUT2D eigenvalue weighted by atomic mass is 16.5. The molecule has 1 fully saturated rings. The van der Waals surface area contributed by atoms with Crippen LogP contribution in [-0.2, 0) is 16.1 Å². The summed E-state index contributed by atoms with van der Waals surface area (Å²) < 4.78 is 10.8. The van der Waals surface area contributed by atoms with Gasteiger partial charge in [0.2, 0.25) is 5.91 Å². The van der Waals surface area contributed by atoms with Gasteiger partial charge in [-0.25, -0.2) is 0 Å². The lowest BCUT2D eigenvalue weighted by molar-refractivity contribution is -0.145. The Hall–Kier alpha value is -1.29. The Kier molecular flexibility index (Phi) is 4.30. The lowest BCUT2D eigenvalue weighted by atomic mass is 9.92. The van der Waals surface area contributed by atoms with Crippen molar-refractivity contribution >= 4 is 5.91 Å². The number of rotatable bonds is 3. The molecule has 4 heteroatoms. The van der Waals surface area contributed by atoms with E-state index in [4.69, 9.17) is 9.15 Å². The second-order valence-electron chi connectivity index (χ2n) is 6.11. The number of amides is 1. The van der Waals surface area contributed by atoms with Crippen LogP contribution in [0.25, 0.3) is 0 Å². The van der Waals surface area contributed by atoms with Gasteiger partial charge in [0.15, 0.2) is 0 Å². The number of nitrogens with zero attached hydrogens (tertiary/aromatic N) is 1. The van der Waals surface area contributed by atoms with Crippen LogP contribution in [-0.4, -0.2) is 30.1 Å². The van der Waals surface area contributed by atoms with Gasteiger partial charge in [-0.05, 0) is 25.0 Å². The number of hydrogen-bond donors (Lipinski definition) is 0. The van der Waals surface area contributed by atoms with Crippen LogP contribution in [0.3, 0.4) is 0 Å². The van der Waals surface area contributed by atoms with Crippen LogP contribution in [0.5, 0.6) is 0 Å². The summed E-state index contributed by atoms with van der Waals surface area (Å²) in [6.07, 6.45) is 3.46. The average molecular weight is 265 g/mol. The molecule has 106 valence electrons. The van der Waals surface area contributed by atoms with Crippen LogP contribution in [0.15, 0.2) is 22.8 Å². The van der Waals surface area contributed by atoms with E-state index in [-0.39, 0.29) is 17.4 Å². The Balaban J connectivity index is 2.14. The molecule has 0 unspecified atom stereocenters. The molecule has 0 radical (unpaired) electrons. The van der Waals surface area contributed by atoms with Gasteiger partial charge in [-0.1, -0.05) is 20.8 Å². The molecule has 0 aliphatic carbocycles. The molecule has 1 aliphatic heterocycles. The van der Waals surface area contributed by atoms with Gasteiger partial charge in [-0.3, -0.25) is 4.79 Å². The molecule has 4 nitrogen and oxygen atoms in total. The third-order valence-electron chi connectivity index (χ3n) is 3.44. The van der Waals surface area contributed by atoms with Crippen LogP contribution >= 0.6 is 0 Å². The first-order chi connectivity index (χ1) is 8.98. The van der Waals surface area contributed by atoms with Crippen molar-refractivity contribution in [3.05, 3.63) is 24.2 Å². The normalized spacial score (nSPS) is 17.4. The predicted octanol–water partition coefficient (Wildman–Crippen LogP) is 2.83. The van der Waals surface area contributed by atoms with Crippen LogP contribution < -0.4 is 0 Å². The lowest BCUT2D eigenvalue weighted by Crippen LogP contribution is -2.47. The first-order valence-corrected chi connectivity index (χ1v) is 6.89. The summed E-state index contributed by atoms with van der Waals surface area (Å²) in [5.41, 5.74) is -0.370. The summed E-state index contributed by atoms with van der Waals surface area (Å²) in [5, 5.41) is 0. The van der Waals surface area contributed by atoms with Gasteiger partial charge in [0.1, 0.15) is 5.76 Å². The molecule has 2 heterocycles. The van der Waals surface area contributed by atoms with Crippen molar-refractivity contribution in [2.24, 2.45) is 5.41 Å². The standard InChI is InChI=1S/C15H23NO3/c1-15(2,3)14(17)16(11-13-5-4-8-19-13)12-6-9-18-10-7-12/h4-5,8,12H,6-7,9-11H2,1-3H3. The van der Waals surface area contributed by atoms with Crippen molar-refractivity contribution in [1.82, 2.24) is 4.90 Å². The molecule has 19 heavy (non-hydrogen) atoms. The molecule has 0 saturated carbocycles. The lowest BCUT2D eigenvalue weighted by Gasteiger charge is -2.37. The Bertz CT molecular complexity index is 400. The molecule has 0 spiro atoms. The van der Waals surface area contributed by atoms with Crippen LogP contribution in [0.1, 0.15) is 39.4 Å². The van der Waals surface area contributed by atoms with Gasteiger partial charge in [0.05, 0.1) is 12.8 Å². The second kappa shape index (κ2) is 5.78. The van der Waals surface area contributed by atoms with E-state index in [2.05, 4.69) is 0 Å². The van der Waals surface area contributed by atoms with E-state index in [0.29, 0.717) is 6.54 Å². The number of furan rings is 1. The summed E-state index contributed by atoms with van der Waals surface area (Å²) in [7, 11) is 0. The van der Waals surface area contributed by atoms with Crippen molar-refractivity contribution < 1.29 is 13.9 Å². The first-order valence-electron chi connectivity index (χ1n) is 6.89. The van der Waals surface area contributed by atoms with E-state index in [1.54, 1.807) is 6.26 Å². The van der Waals surface area contributed by atoms with Crippen LogP contribution in [0, 0.1) is 5.41 Å². The number of ether oxygens (including phenoxy) is 1. The quantitative estimate of drug-likeness (QED) is 0.844. The van der Waals surface area contributed by atoms with E-state index in [1.807, 2.05) is 37.8 Å². The van der Waals surface area contributed by atoms with E-state index < -0.39 is 0 Å². The molecule has 1 saturated heterocycles. The number of hydrogen-bond acceptors (Lipinski definition) is 3. The molecule has 0 atom stereocenters. The van der Waals surface area contributed by atoms with Gasteiger partial charge in [-0.2, -0.15) is 0 Å². The molecule has 0 aromatic carbocycles. The molecule has 0 N–H and O–H groups in total. The minimum absolute atomic E-state index is 0.177. The third-order valence-corrected chi connectivity index (χ3v) is 3.44. The van der Waals surface area contributed by atoms with Crippen molar-refractivity contribution in [1.29, 1.82) is 0 Å². The van der Waals surface area contributed by atoms with Gasteiger partial charge < -0.3 is 14.1 Å². The summed E-state index contributed by atoms with van der Waals surface area (Å²) in [4.78, 5) is 14.6. The molecule has 1 aromatic heterocycles. The molecule has 1 aliphatic rings. The van der Waals surface area contributed by atoms with E-state index in [9.17, 15) is 4.79 Å². The zero-order valence-corrected chi connectivity index (χ0v) is 12.0. The highest BCUT2D eigenvalue weighted by molar-refractivity contribution is 5.81. The van der Waals surface area contributed by atoms with E-state index >= 15 is 0 Å². The van der Waals surface area contributed by atoms with Crippen molar-refractivity contribution in [3.63, 3.8) is 0 Å². The van der Waals surface area contributed by atoms with E-state index in [0.717, 1.165) is 31.8 Å². The van der Waals surface area contributed by atoms with Crippen molar-refractivity contribution in [2.45, 2.75) is 46.2 Å². The Morgan fingerprint density at radius 1 is 1.37 bits per heavy atom. The fraction of sp³-hybridized carbons (Fsp3) is 0.667. The predicted molar refractivity (Wildman–Crippen MR) is 72.6 cm³/mol. The van der Waals surface area contributed by atoms with Gasteiger partial charge in [0, 0.05) is 24.7 Å². The summed E-state index contributed by atoms with van der Waals surface area (Å²) >= 11 is 0. The Morgan fingerprint density at radius 3 is 2.58 bits per heavy atom. The highest BCUT2D eigenvalue weighted by Crippen LogP contribution is 2.25. The first kappa shape index (κ1) is 14.1. The second-order valence-corrected chi connectivity index (χ2v) is 6.11. The Morgan fingerprint density at radius 2 is 2.05 bits per heavy atom. The summed E-state index contributed by atoms with van der Waals surface area (Å²) in [5.74, 6) is 1.01. The summed E-state index contributed by atoms with van der Waals surface area (Å²) in [6, 6.07) is 4.03.